The van der Waals surface area contributed by atoms with Gasteiger partial charge in [0.2, 0.25) is 0 Å². The number of hydrogen-bond acceptors (Lipinski definition) is 2. The minimum Gasteiger partial charge on any atom is -0.487 e. The van der Waals surface area contributed by atoms with Crippen LogP contribution in [-0.4, -0.2) is 4.98 Å². The van der Waals surface area contributed by atoms with E-state index in [-0.39, 0.29) is 0 Å². The van der Waals surface area contributed by atoms with E-state index < -0.39 is 0 Å². The largest absolute Gasteiger partial charge is 0.487 e. The highest BCUT2D eigenvalue weighted by Gasteiger charge is 2.09. The summed E-state index contributed by atoms with van der Waals surface area (Å²) >= 11 is 5.88. The van der Waals surface area contributed by atoms with Crippen molar-refractivity contribution in [2.45, 2.75) is 26.3 Å². The van der Waals surface area contributed by atoms with Crippen molar-refractivity contribution in [3.8, 4) is 5.75 Å². The van der Waals surface area contributed by atoms with Crippen LogP contribution in [0.1, 0.15) is 22.4 Å². The summed E-state index contributed by atoms with van der Waals surface area (Å²) in [7, 11) is 0. The molecule has 94 valence electrons. The zero-order valence-electron chi connectivity index (χ0n) is 10.6. The van der Waals surface area contributed by atoms with Crippen LogP contribution in [0.5, 0.6) is 5.75 Å². The highest BCUT2D eigenvalue weighted by atomic mass is 35.5. The van der Waals surface area contributed by atoms with Crippen LogP contribution in [0.4, 0.5) is 0 Å². The zero-order valence-corrected chi connectivity index (χ0v) is 11.4. The van der Waals surface area contributed by atoms with E-state index in [1.165, 1.54) is 0 Å². The van der Waals surface area contributed by atoms with Gasteiger partial charge in [0.05, 0.1) is 5.69 Å². The standard InChI is InChI=1S/C15H16ClNO/c1-11-14(8-16)9-17-12(2)15(11)18-10-13-6-4-3-5-7-13/h3-7,9H,8,10H2,1-2H3. The Morgan fingerprint density at radius 2 is 1.89 bits per heavy atom. The number of hydrogen-bond donors (Lipinski definition) is 0. The topological polar surface area (TPSA) is 22.1 Å². The maximum atomic E-state index is 5.88. The van der Waals surface area contributed by atoms with Crippen LogP contribution in [0, 0.1) is 13.8 Å². The lowest BCUT2D eigenvalue weighted by atomic mass is 10.1. The van der Waals surface area contributed by atoms with Gasteiger partial charge in [-0.15, -0.1) is 11.6 Å². The van der Waals surface area contributed by atoms with E-state index >= 15 is 0 Å². The molecular formula is C15H16ClNO. The van der Waals surface area contributed by atoms with E-state index in [4.69, 9.17) is 16.3 Å². The molecule has 1 heterocycles. The van der Waals surface area contributed by atoms with E-state index in [1.807, 2.05) is 50.4 Å². The molecule has 3 heteroatoms. The third kappa shape index (κ3) is 2.82. The molecule has 0 amide bonds. The van der Waals surface area contributed by atoms with Crippen molar-refractivity contribution in [3.05, 3.63) is 58.9 Å². The van der Waals surface area contributed by atoms with Gasteiger partial charge in [-0.2, -0.15) is 0 Å². The number of nitrogens with zero attached hydrogens (tertiary/aromatic N) is 1. The Morgan fingerprint density at radius 1 is 1.17 bits per heavy atom. The molecular weight excluding hydrogens is 246 g/mol. The fourth-order valence-electron chi connectivity index (χ4n) is 1.82. The molecule has 0 saturated carbocycles. The van der Waals surface area contributed by atoms with Crippen LogP contribution in [0.15, 0.2) is 36.5 Å². The van der Waals surface area contributed by atoms with E-state index in [9.17, 15) is 0 Å². The summed E-state index contributed by atoms with van der Waals surface area (Å²) in [6.07, 6.45) is 1.81. The van der Waals surface area contributed by atoms with Crippen LogP contribution in [0.2, 0.25) is 0 Å². The maximum Gasteiger partial charge on any atom is 0.144 e. The monoisotopic (exact) mass is 261 g/mol. The minimum absolute atomic E-state index is 0.459. The molecule has 0 aliphatic rings. The highest BCUT2D eigenvalue weighted by molar-refractivity contribution is 6.17. The summed E-state index contributed by atoms with van der Waals surface area (Å²) in [6.45, 7) is 4.52. The van der Waals surface area contributed by atoms with Crippen molar-refractivity contribution >= 4 is 11.6 Å². The minimum atomic E-state index is 0.459. The molecule has 0 unspecified atom stereocenters. The predicted molar refractivity (Wildman–Crippen MR) is 74.0 cm³/mol. The summed E-state index contributed by atoms with van der Waals surface area (Å²) in [4.78, 5) is 4.31. The molecule has 0 N–H and O–H groups in total. The number of benzene rings is 1. The summed E-state index contributed by atoms with van der Waals surface area (Å²) in [5, 5.41) is 0. The van der Waals surface area contributed by atoms with Gasteiger partial charge in [0.25, 0.3) is 0 Å². The zero-order chi connectivity index (χ0) is 13.0. The lowest BCUT2D eigenvalue weighted by Crippen LogP contribution is -2.02. The van der Waals surface area contributed by atoms with Crippen LogP contribution in [0.3, 0.4) is 0 Å². The third-order valence-electron chi connectivity index (χ3n) is 2.93. The lowest BCUT2D eigenvalue weighted by Gasteiger charge is -2.13. The first-order valence-electron chi connectivity index (χ1n) is 5.90. The molecule has 2 aromatic rings. The first-order chi connectivity index (χ1) is 8.72. The predicted octanol–water partition coefficient (Wildman–Crippen LogP) is 4.02. The first-order valence-corrected chi connectivity index (χ1v) is 6.43. The quantitative estimate of drug-likeness (QED) is 0.776. The Balaban J connectivity index is 2.19. The van der Waals surface area contributed by atoms with Crippen LogP contribution >= 0.6 is 11.6 Å². The molecule has 0 atom stereocenters. The Morgan fingerprint density at radius 3 is 2.56 bits per heavy atom. The second kappa shape index (κ2) is 5.87. The van der Waals surface area contributed by atoms with Gasteiger partial charge in [-0.3, -0.25) is 4.98 Å². The van der Waals surface area contributed by atoms with Crippen molar-refractivity contribution in [1.82, 2.24) is 4.98 Å². The fourth-order valence-corrected chi connectivity index (χ4v) is 2.09. The molecule has 0 aliphatic carbocycles. The van der Waals surface area contributed by atoms with Gasteiger partial charge in [-0.1, -0.05) is 30.3 Å². The molecule has 2 nitrogen and oxygen atoms in total. The summed E-state index contributed by atoms with van der Waals surface area (Å²) in [5.41, 5.74) is 4.14. The molecule has 1 aromatic heterocycles. The van der Waals surface area contributed by atoms with Gasteiger partial charge in [0, 0.05) is 12.1 Å². The van der Waals surface area contributed by atoms with Crippen molar-refractivity contribution in [1.29, 1.82) is 0 Å². The second-order valence-corrected chi connectivity index (χ2v) is 4.50. The average Bonchev–Trinajstić information content (AvgIpc) is 2.40. The number of ether oxygens (including phenoxy) is 1. The van der Waals surface area contributed by atoms with E-state index in [0.29, 0.717) is 12.5 Å². The van der Waals surface area contributed by atoms with Gasteiger partial charge in [-0.05, 0) is 30.5 Å². The number of halogens is 1. The fraction of sp³-hybridized carbons (Fsp3) is 0.267. The maximum absolute atomic E-state index is 5.88. The molecule has 0 spiro atoms. The summed E-state index contributed by atoms with van der Waals surface area (Å²) in [5.74, 6) is 1.30. The van der Waals surface area contributed by atoms with Crippen LogP contribution in [-0.2, 0) is 12.5 Å². The molecule has 0 aliphatic heterocycles. The Labute approximate surface area is 113 Å². The SMILES string of the molecule is Cc1ncc(CCl)c(C)c1OCc1ccccc1. The van der Waals surface area contributed by atoms with Crippen molar-refractivity contribution < 1.29 is 4.74 Å². The number of pyridine rings is 1. The number of rotatable bonds is 4. The second-order valence-electron chi connectivity index (χ2n) is 4.23. The summed E-state index contributed by atoms with van der Waals surface area (Å²) < 4.78 is 5.87. The third-order valence-corrected chi connectivity index (χ3v) is 3.22. The Hall–Kier alpha value is -1.54. The Kier molecular flexibility index (Phi) is 4.21. The molecule has 0 fully saturated rings. The van der Waals surface area contributed by atoms with E-state index in [1.54, 1.807) is 0 Å². The van der Waals surface area contributed by atoms with Crippen molar-refractivity contribution in [2.24, 2.45) is 0 Å². The normalized spacial score (nSPS) is 10.4. The number of alkyl halides is 1. The molecule has 1 aromatic carbocycles. The van der Waals surface area contributed by atoms with Gasteiger partial charge >= 0.3 is 0 Å². The van der Waals surface area contributed by atoms with Gasteiger partial charge in [0.1, 0.15) is 12.4 Å². The van der Waals surface area contributed by atoms with Crippen LogP contribution < -0.4 is 4.74 Å². The lowest BCUT2D eigenvalue weighted by molar-refractivity contribution is 0.300. The van der Waals surface area contributed by atoms with Crippen molar-refractivity contribution in [2.75, 3.05) is 0 Å². The van der Waals surface area contributed by atoms with Crippen LogP contribution in [0.25, 0.3) is 0 Å². The van der Waals surface area contributed by atoms with Gasteiger partial charge < -0.3 is 4.74 Å². The Bertz CT molecular complexity index is 526. The van der Waals surface area contributed by atoms with Crippen molar-refractivity contribution in [3.63, 3.8) is 0 Å². The molecule has 0 bridgehead atoms. The first kappa shape index (κ1) is 12.9. The van der Waals surface area contributed by atoms with E-state index in [2.05, 4.69) is 4.98 Å². The van der Waals surface area contributed by atoms with Gasteiger partial charge in [0.15, 0.2) is 0 Å². The highest BCUT2D eigenvalue weighted by Crippen LogP contribution is 2.26. The smallest absolute Gasteiger partial charge is 0.144 e. The summed E-state index contributed by atoms with van der Waals surface area (Å²) in [6, 6.07) is 10.1. The number of aromatic nitrogens is 1. The van der Waals surface area contributed by atoms with Gasteiger partial charge in [-0.25, -0.2) is 0 Å². The average molecular weight is 262 g/mol. The molecule has 0 radical (unpaired) electrons. The molecule has 2 rings (SSSR count). The molecule has 0 saturated heterocycles. The number of aryl methyl sites for hydroxylation is 1. The van der Waals surface area contributed by atoms with E-state index in [0.717, 1.165) is 28.1 Å². The molecule has 18 heavy (non-hydrogen) atoms.